The van der Waals surface area contributed by atoms with Crippen molar-refractivity contribution >= 4 is 5.91 Å². The van der Waals surface area contributed by atoms with Crippen LogP contribution in [0, 0.1) is 11.8 Å². The molecule has 0 radical (unpaired) electrons. The molecule has 1 heterocycles. The van der Waals surface area contributed by atoms with Crippen molar-refractivity contribution in [3.63, 3.8) is 0 Å². The van der Waals surface area contributed by atoms with Gasteiger partial charge in [0.1, 0.15) is 0 Å². The van der Waals surface area contributed by atoms with Crippen LogP contribution in [-0.4, -0.2) is 43.0 Å². The first-order valence-corrected chi connectivity index (χ1v) is 7.45. The zero-order chi connectivity index (χ0) is 13.0. The van der Waals surface area contributed by atoms with Crippen molar-refractivity contribution in [2.45, 2.75) is 45.1 Å². The predicted molar refractivity (Wildman–Crippen MR) is 73.2 cm³/mol. The second-order valence-corrected chi connectivity index (χ2v) is 5.91. The Morgan fingerprint density at radius 1 is 1.39 bits per heavy atom. The first-order valence-electron chi connectivity index (χ1n) is 7.45. The van der Waals surface area contributed by atoms with Crippen LogP contribution < -0.4 is 11.1 Å². The molecule has 4 nitrogen and oxygen atoms in total. The summed E-state index contributed by atoms with van der Waals surface area (Å²) in [6.45, 7) is 6.47. The number of hydrogen-bond donors (Lipinski definition) is 2. The lowest BCUT2D eigenvalue weighted by atomic mass is 10.0. The minimum Gasteiger partial charge on any atom is -0.368 e. The van der Waals surface area contributed by atoms with Crippen LogP contribution in [0.2, 0.25) is 0 Å². The van der Waals surface area contributed by atoms with E-state index in [9.17, 15) is 4.79 Å². The average Bonchev–Trinajstić information content (AvgIpc) is 2.88. The zero-order valence-corrected chi connectivity index (χ0v) is 11.5. The molecule has 0 aromatic carbocycles. The molecule has 0 bridgehead atoms. The number of nitrogens with two attached hydrogens (primary N) is 1. The number of carbonyl (C=O) groups excluding carboxylic acids is 1. The quantitative estimate of drug-likeness (QED) is 0.710. The van der Waals surface area contributed by atoms with E-state index in [1.807, 2.05) is 0 Å². The molecule has 0 spiro atoms. The van der Waals surface area contributed by atoms with E-state index in [-0.39, 0.29) is 11.9 Å². The van der Waals surface area contributed by atoms with Gasteiger partial charge in [0.05, 0.1) is 6.04 Å². The van der Waals surface area contributed by atoms with Crippen molar-refractivity contribution in [2.75, 3.05) is 26.2 Å². The molecule has 0 aromatic heterocycles. The summed E-state index contributed by atoms with van der Waals surface area (Å²) in [6, 6.07) is -0.148. The van der Waals surface area contributed by atoms with Crippen LogP contribution in [0.5, 0.6) is 0 Å². The summed E-state index contributed by atoms with van der Waals surface area (Å²) in [4.78, 5) is 13.9. The van der Waals surface area contributed by atoms with Crippen LogP contribution >= 0.6 is 0 Å². The van der Waals surface area contributed by atoms with Gasteiger partial charge in [-0.05, 0) is 44.1 Å². The lowest BCUT2D eigenvalue weighted by Crippen LogP contribution is -2.43. The number of carbonyl (C=O) groups is 1. The standard InChI is InChI=1S/C14H27N3O/c1-2-7-16-13(14(15)18)6-8-17-9-11-4-3-5-12(11)10-17/h11-13,16H,2-10H2,1H3,(H2,15,18). The van der Waals surface area contributed by atoms with E-state index in [1.165, 1.54) is 32.4 Å². The maximum atomic E-state index is 11.3. The lowest BCUT2D eigenvalue weighted by molar-refractivity contribution is -0.120. The van der Waals surface area contributed by atoms with Crippen LogP contribution in [0.3, 0.4) is 0 Å². The summed E-state index contributed by atoms with van der Waals surface area (Å²) in [5.74, 6) is 1.66. The number of hydrogen-bond acceptors (Lipinski definition) is 3. The second-order valence-electron chi connectivity index (χ2n) is 5.91. The third-order valence-electron chi connectivity index (χ3n) is 4.52. The van der Waals surface area contributed by atoms with Crippen molar-refractivity contribution in [3.05, 3.63) is 0 Å². The molecule has 2 aliphatic rings. The predicted octanol–water partition coefficient (Wildman–Crippen LogP) is 0.962. The number of nitrogens with zero attached hydrogens (tertiary/aromatic N) is 1. The number of primary amides is 1. The normalized spacial score (nSPS) is 29.4. The van der Waals surface area contributed by atoms with Gasteiger partial charge >= 0.3 is 0 Å². The number of rotatable bonds is 7. The van der Waals surface area contributed by atoms with Crippen molar-refractivity contribution in [1.82, 2.24) is 10.2 Å². The summed E-state index contributed by atoms with van der Waals surface area (Å²) in [5, 5.41) is 3.24. The molecule has 4 heteroatoms. The van der Waals surface area contributed by atoms with Crippen LogP contribution in [0.25, 0.3) is 0 Å². The van der Waals surface area contributed by atoms with E-state index in [4.69, 9.17) is 5.73 Å². The molecule has 2 fully saturated rings. The Kier molecular flexibility index (Phi) is 5.01. The molecule has 1 aliphatic carbocycles. The largest absolute Gasteiger partial charge is 0.368 e. The van der Waals surface area contributed by atoms with Crippen LogP contribution in [0.1, 0.15) is 39.0 Å². The molecule has 3 N–H and O–H groups in total. The monoisotopic (exact) mass is 253 g/mol. The molecular weight excluding hydrogens is 226 g/mol. The fraction of sp³-hybridized carbons (Fsp3) is 0.929. The topological polar surface area (TPSA) is 58.4 Å². The highest BCUT2D eigenvalue weighted by Gasteiger charge is 2.35. The van der Waals surface area contributed by atoms with E-state index in [0.29, 0.717) is 0 Å². The summed E-state index contributed by atoms with van der Waals surface area (Å²) in [5.41, 5.74) is 5.43. The second kappa shape index (κ2) is 6.53. The smallest absolute Gasteiger partial charge is 0.234 e. The number of likely N-dealkylation sites (tertiary alicyclic amines) is 1. The molecular formula is C14H27N3O. The van der Waals surface area contributed by atoms with Gasteiger partial charge in [-0.15, -0.1) is 0 Å². The maximum Gasteiger partial charge on any atom is 0.234 e. The fourth-order valence-electron chi connectivity index (χ4n) is 3.49. The molecule has 1 saturated heterocycles. The summed E-state index contributed by atoms with van der Waals surface area (Å²) >= 11 is 0. The molecule has 104 valence electrons. The highest BCUT2D eigenvalue weighted by atomic mass is 16.1. The van der Waals surface area contributed by atoms with E-state index >= 15 is 0 Å². The van der Waals surface area contributed by atoms with Gasteiger partial charge in [-0.3, -0.25) is 4.79 Å². The minimum absolute atomic E-state index is 0.148. The van der Waals surface area contributed by atoms with Crippen molar-refractivity contribution in [3.8, 4) is 0 Å². The van der Waals surface area contributed by atoms with Gasteiger partial charge < -0.3 is 16.0 Å². The third-order valence-corrected chi connectivity index (χ3v) is 4.52. The van der Waals surface area contributed by atoms with Crippen molar-refractivity contribution < 1.29 is 4.79 Å². The number of nitrogens with one attached hydrogen (secondary N) is 1. The Bertz CT molecular complexity index is 270. The average molecular weight is 253 g/mol. The Morgan fingerprint density at radius 2 is 2.06 bits per heavy atom. The van der Waals surface area contributed by atoms with Crippen LogP contribution in [0.4, 0.5) is 0 Å². The minimum atomic E-state index is -0.206. The van der Waals surface area contributed by atoms with E-state index in [2.05, 4.69) is 17.1 Å². The van der Waals surface area contributed by atoms with Gasteiger partial charge in [-0.2, -0.15) is 0 Å². The van der Waals surface area contributed by atoms with Crippen molar-refractivity contribution in [2.24, 2.45) is 17.6 Å². The first-order chi connectivity index (χ1) is 8.70. The Labute approximate surface area is 110 Å². The fourth-order valence-corrected chi connectivity index (χ4v) is 3.49. The van der Waals surface area contributed by atoms with Gasteiger partial charge in [0.15, 0.2) is 0 Å². The lowest BCUT2D eigenvalue weighted by Gasteiger charge is -2.20. The SMILES string of the molecule is CCCNC(CCN1CC2CCCC2C1)C(N)=O. The number of amides is 1. The zero-order valence-electron chi connectivity index (χ0n) is 11.5. The highest BCUT2D eigenvalue weighted by molar-refractivity contribution is 5.79. The molecule has 3 atom stereocenters. The highest BCUT2D eigenvalue weighted by Crippen LogP contribution is 2.37. The maximum absolute atomic E-state index is 11.3. The van der Waals surface area contributed by atoms with Crippen molar-refractivity contribution in [1.29, 1.82) is 0 Å². The molecule has 1 amide bonds. The van der Waals surface area contributed by atoms with Gasteiger partial charge in [0.2, 0.25) is 5.91 Å². The molecule has 2 rings (SSSR count). The summed E-state index contributed by atoms with van der Waals surface area (Å²) in [6.07, 6.45) is 6.14. The van der Waals surface area contributed by atoms with Gasteiger partial charge in [0.25, 0.3) is 0 Å². The van der Waals surface area contributed by atoms with E-state index in [1.54, 1.807) is 0 Å². The molecule has 3 unspecified atom stereocenters. The molecule has 1 saturated carbocycles. The van der Waals surface area contributed by atoms with Gasteiger partial charge in [-0.1, -0.05) is 13.3 Å². The van der Waals surface area contributed by atoms with Gasteiger partial charge in [0, 0.05) is 19.6 Å². The Hall–Kier alpha value is -0.610. The first kappa shape index (κ1) is 13.8. The third kappa shape index (κ3) is 3.45. The van der Waals surface area contributed by atoms with Crippen LogP contribution in [0.15, 0.2) is 0 Å². The van der Waals surface area contributed by atoms with Crippen LogP contribution in [-0.2, 0) is 4.79 Å². The Balaban J connectivity index is 1.71. The summed E-state index contributed by atoms with van der Waals surface area (Å²) in [7, 11) is 0. The van der Waals surface area contributed by atoms with Gasteiger partial charge in [-0.25, -0.2) is 0 Å². The van der Waals surface area contributed by atoms with E-state index < -0.39 is 0 Å². The molecule has 1 aliphatic heterocycles. The number of fused-ring (bicyclic) bond motifs is 1. The summed E-state index contributed by atoms with van der Waals surface area (Å²) < 4.78 is 0. The molecule has 0 aromatic rings. The van der Waals surface area contributed by atoms with E-state index in [0.717, 1.165) is 37.8 Å². The molecule has 18 heavy (non-hydrogen) atoms. The Morgan fingerprint density at radius 3 is 2.61 bits per heavy atom.